The summed E-state index contributed by atoms with van der Waals surface area (Å²) in [7, 11) is 0. The van der Waals surface area contributed by atoms with Gasteiger partial charge in [0.05, 0.1) is 33.5 Å². The number of benzene rings is 2. The highest BCUT2D eigenvalue weighted by atomic mass is 15.2. The van der Waals surface area contributed by atoms with E-state index in [0.717, 1.165) is 46.4 Å². The first-order valence-corrected chi connectivity index (χ1v) is 18.4. The first kappa shape index (κ1) is 31.9. The van der Waals surface area contributed by atoms with Gasteiger partial charge in [0.1, 0.15) is 6.17 Å². The molecule has 0 bridgehead atoms. The second-order valence-corrected chi connectivity index (χ2v) is 13.5. The number of para-hydroxylation sites is 2. The van der Waals surface area contributed by atoms with Crippen molar-refractivity contribution < 1.29 is 0 Å². The van der Waals surface area contributed by atoms with Gasteiger partial charge < -0.3 is 9.13 Å². The summed E-state index contributed by atoms with van der Waals surface area (Å²) in [5.74, 6) is 0. The van der Waals surface area contributed by atoms with E-state index in [2.05, 4.69) is 98.8 Å². The minimum absolute atomic E-state index is 0.0383. The highest BCUT2D eigenvalue weighted by Gasteiger charge is 2.27. The molecule has 6 aromatic heterocycles. The van der Waals surface area contributed by atoms with Crippen molar-refractivity contribution in [1.29, 1.82) is 0 Å². The fourth-order valence-electron chi connectivity index (χ4n) is 7.95. The minimum atomic E-state index is -0.0383. The summed E-state index contributed by atoms with van der Waals surface area (Å²) < 4.78 is 5.16. The van der Waals surface area contributed by atoms with E-state index >= 15 is 0 Å². The number of pyridine rings is 4. The molecule has 0 N–H and O–H groups in total. The van der Waals surface area contributed by atoms with Gasteiger partial charge in [-0.05, 0) is 61.4 Å². The van der Waals surface area contributed by atoms with Crippen molar-refractivity contribution in [2.24, 2.45) is 0 Å². The molecule has 6 heterocycles. The summed E-state index contributed by atoms with van der Waals surface area (Å²) in [4.78, 5) is 19.1. The van der Waals surface area contributed by atoms with Crippen LogP contribution in [0.1, 0.15) is 77.3 Å². The topological polar surface area (TPSA) is 61.4 Å². The van der Waals surface area contributed by atoms with Crippen LogP contribution >= 0.6 is 0 Å². The highest BCUT2D eigenvalue weighted by molar-refractivity contribution is 6.13. The predicted octanol–water partition coefficient (Wildman–Crippen LogP) is 11.8. The van der Waals surface area contributed by atoms with Gasteiger partial charge in [0.15, 0.2) is 0 Å². The molecule has 0 amide bonds. The Bertz CT molecular complexity index is 2200. The van der Waals surface area contributed by atoms with Gasteiger partial charge in [-0.25, -0.2) is 0 Å². The molecule has 6 heteroatoms. The number of unbranched alkanes of at least 4 members (excludes halogenated alkanes) is 8. The van der Waals surface area contributed by atoms with Gasteiger partial charge in [-0.2, -0.15) is 0 Å². The molecule has 250 valence electrons. The van der Waals surface area contributed by atoms with Crippen LogP contribution in [0.5, 0.6) is 0 Å². The molecule has 0 aliphatic rings. The molecule has 0 atom stereocenters. The molecule has 8 aromatic rings. The average molecular weight is 657 g/mol. The molecule has 0 spiro atoms. The van der Waals surface area contributed by atoms with Crippen LogP contribution in [0.3, 0.4) is 0 Å². The normalized spacial score (nSPS) is 11.9. The van der Waals surface area contributed by atoms with Crippen LogP contribution in [0, 0.1) is 0 Å². The molecule has 0 fully saturated rings. The van der Waals surface area contributed by atoms with Gasteiger partial charge in [-0.15, -0.1) is 0 Å². The predicted molar refractivity (Wildman–Crippen MR) is 207 cm³/mol. The third-order valence-electron chi connectivity index (χ3n) is 10.3. The number of hydrogen-bond donors (Lipinski definition) is 0. The van der Waals surface area contributed by atoms with Crippen LogP contribution in [-0.2, 0) is 0 Å². The third kappa shape index (κ3) is 5.93. The Morgan fingerprint density at radius 3 is 1.44 bits per heavy atom. The van der Waals surface area contributed by atoms with E-state index in [0.29, 0.717) is 0 Å². The Hall–Kier alpha value is -5.36. The van der Waals surface area contributed by atoms with Crippen molar-refractivity contribution in [3.8, 4) is 22.5 Å². The summed E-state index contributed by atoms with van der Waals surface area (Å²) >= 11 is 0. The molecule has 2 aromatic carbocycles. The van der Waals surface area contributed by atoms with E-state index in [4.69, 9.17) is 9.97 Å². The molecule has 0 unspecified atom stereocenters. The Balaban J connectivity index is 1.35. The zero-order valence-corrected chi connectivity index (χ0v) is 28.9. The lowest BCUT2D eigenvalue weighted by atomic mass is 10.1. The van der Waals surface area contributed by atoms with Crippen LogP contribution in [0.15, 0.2) is 122 Å². The fraction of sp³-hybridized carbons (Fsp3) is 0.273. The molecule has 0 radical (unpaired) electrons. The van der Waals surface area contributed by atoms with Gasteiger partial charge in [0, 0.05) is 69.9 Å². The molecular formula is C44H44N6. The van der Waals surface area contributed by atoms with E-state index in [1.165, 1.54) is 83.9 Å². The van der Waals surface area contributed by atoms with Crippen LogP contribution < -0.4 is 0 Å². The molecule has 6 nitrogen and oxygen atoms in total. The summed E-state index contributed by atoms with van der Waals surface area (Å²) in [6, 6.07) is 30.3. The van der Waals surface area contributed by atoms with Crippen molar-refractivity contribution in [1.82, 2.24) is 29.1 Å². The van der Waals surface area contributed by atoms with Crippen LogP contribution in [-0.4, -0.2) is 29.1 Å². The zero-order valence-electron chi connectivity index (χ0n) is 28.9. The second-order valence-electron chi connectivity index (χ2n) is 13.5. The van der Waals surface area contributed by atoms with E-state index in [-0.39, 0.29) is 6.17 Å². The maximum absolute atomic E-state index is 5.05. The van der Waals surface area contributed by atoms with Gasteiger partial charge in [0.25, 0.3) is 0 Å². The molecule has 0 aliphatic carbocycles. The average Bonchev–Trinajstić information content (AvgIpc) is 3.70. The van der Waals surface area contributed by atoms with Crippen molar-refractivity contribution >= 4 is 43.6 Å². The van der Waals surface area contributed by atoms with E-state index in [1.807, 2.05) is 49.3 Å². The van der Waals surface area contributed by atoms with Crippen LogP contribution in [0.25, 0.3) is 66.1 Å². The summed E-state index contributed by atoms with van der Waals surface area (Å²) in [6.45, 7) is 2.29. The molecule has 8 rings (SSSR count). The first-order valence-electron chi connectivity index (χ1n) is 18.4. The molecule has 0 aliphatic heterocycles. The third-order valence-corrected chi connectivity index (χ3v) is 10.3. The first-order chi connectivity index (χ1) is 24.8. The molecule has 0 saturated heterocycles. The number of fused-ring (bicyclic) bond motifs is 6. The lowest BCUT2D eigenvalue weighted by molar-refractivity contribution is 0.418. The SMILES string of the molecule is CCCCCCCCCCCC(n1c2ccccc2c2ccnc(-c3cccnc3)c21)n1c2ccccc2c2ccnc(-c3cccnc3)c21. The maximum Gasteiger partial charge on any atom is 0.111 e. The highest BCUT2D eigenvalue weighted by Crippen LogP contribution is 2.43. The maximum atomic E-state index is 5.05. The largest absolute Gasteiger partial charge is 0.317 e. The lowest BCUT2D eigenvalue weighted by Gasteiger charge is -2.27. The quantitative estimate of drug-likeness (QED) is 0.109. The van der Waals surface area contributed by atoms with Crippen molar-refractivity contribution in [3.63, 3.8) is 0 Å². The van der Waals surface area contributed by atoms with Crippen LogP contribution in [0.4, 0.5) is 0 Å². The summed E-state index contributed by atoms with van der Waals surface area (Å²) in [5.41, 5.74) is 8.64. The number of nitrogens with zero attached hydrogens (tertiary/aromatic N) is 6. The van der Waals surface area contributed by atoms with E-state index in [1.54, 1.807) is 0 Å². The van der Waals surface area contributed by atoms with Gasteiger partial charge in [-0.3, -0.25) is 19.9 Å². The van der Waals surface area contributed by atoms with Crippen molar-refractivity contribution in [2.75, 3.05) is 0 Å². The summed E-state index contributed by atoms with van der Waals surface area (Å²) in [5, 5.41) is 4.88. The Labute approximate surface area is 293 Å². The van der Waals surface area contributed by atoms with Gasteiger partial charge in [0.2, 0.25) is 0 Å². The molecule has 0 saturated carbocycles. The summed E-state index contributed by atoms with van der Waals surface area (Å²) in [6.07, 6.45) is 24.0. The number of hydrogen-bond acceptors (Lipinski definition) is 4. The number of rotatable bonds is 14. The Kier molecular flexibility index (Phi) is 9.33. The Morgan fingerprint density at radius 2 is 0.960 bits per heavy atom. The van der Waals surface area contributed by atoms with Crippen molar-refractivity contribution in [2.45, 2.75) is 77.3 Å². The van der Waals surface area contributed by atoms with E-state index < -0.39 is 0 Å². The zero-order chi connectivity index (χ0) is 33.7. The Morgan fingerprint density at radius 1 is 0.480 bits per heavy atom. The van der Waals surface area contributed by atoms with E-state index in [9.17, 15) is 0 Å². The molecule has 50 heavy (non-hydrogen) atoms. The van der Waals surface area contributed by atoms with Gasteiger partial charge >= 0.3 is 0 Å². The second kappa shape index (κ2) is 14.6. The van der Waals surface area contributed by atoms with Crippen molar-refractivity contribution in [3.05, 3.63) is 122 Å². The van der Waals surface area contributed by atoms with Gasteiger partial charge in [-0.1, -0.05) is 94.7 Å². The lowest BCUT2D eigenvalue weighted by Crippen LogP contribution is -2.19. The number of aromatic nitrogens is 6. The minimum Gasteiger partial charge on any atom is -0.317 e. The fourth-order valence-corrected chi connectivity index (χ4v) is 7.95. The standard InChI is InChI=1S/C44H44N6/c1-2-3-4-5-6-7-8-9-10-23-40(49-38-21-13-11-19-34(38)36-24-28-47-41(43(36)49)32-17-15-26-45-30-32)50-39-22-14-12-20-35(39)37-25-29-48-42(44(37)50)33-18-16-27-46-31-33/h11-22,24-31,40H,2-10,23H2,1H3. The van der Waals surface area contributed by atoms with Crippen LogP contribution in [0.2, 0.25) is 0 Å². The monoisotopic (exact) mass is 656 g/mol. The molecular weight excluding hydrogens is 613 g/mol. The smallest absolute Gasteiger partial charge is 0.111 e.